The molecule has 0 unspecified atom stereocenters. The number of aromatic amines is 1. The average molecular weight is 295 g/mol. The Balaban J connectivity index is 2.24. The first-order chi connectivity index (χ1) is 10.1. The van der Waals surface area contributed by atoms with Crippen LogP contribution in [0.25, 0.3) is 22.2 Å². The summed E-state index contributed by atoms with van der Waals surface area (Å²) >= 11 is 5.39. The maximum Gasteiger partial charge on any atom is 0.133 e. The third kappa shape index (κ3) is 2.59. The molecule has 106 valence electrons. The lowest BCUT2D eigenvalue weighted by Gasteiger charge is -2.13. The molecule has 0 fully saturated rings. The molecule has 4 heteroatoms. The molecule has 2 heterocycles. The van der Waals surface area contributed by atoms with Crippen LogP contribution in [0.15, 0.2) is 36.7 Å². The van der Waals surface area contributed by atoms with Crippen LogP contribution in [0.3, 0.4) is 0 Å². The second-order valence-electron chi connectivity index (χ2n) is 5.51. The van der Waals surface area contributed by atoms with Crippen molar-refractivity contribution in [3.05, 3.63) is 52.6 Å². The second kappa shape index (κ2) is 5.37. The second-order valence-corrected chi connectivity index (χ2v) is 5.90. The van der Waals surface area contributed by atoms with Gasteiger partial charge in [-0.1, -0.05) is 38.2 Å². The highest BCUT2D eigenvalue weighted by atomic mass is 32.1. The number of rotatable bonds is 2. The first-order valence-corrected chi connectivity index (χ1v) is 7.42. The van der Waals surface area contributed by atoms with Crippen molar-refractivity contribution in [1.29, 1.82) is 0 Å². The van der Waals surface area contributed by atoms with E-state index in [1.165, 1.54) is 0 Å². The van der Waals surface area contributed by atoms with Gasteiger partial charge in [0.05, 0.1) is 17.5 Å². The third-order valence-corrected chi connectivity index (χ3v) is 3.91. The van der Waals surface area contributed by atoms with E-state index in [9.17, 15) is 0 Å². The van der Waals surface area contributed by atoms with Crippen LogP contribution >= 0.6 is 12.2 Å². The molecule has 0 bridgehead atoms. The number of hydrogen-bond donors (Lipinski definition) is 1. The quantitative estimate of drug-likeness (QED) is 0.691. The standard InChI is InChI=1S/C17H17N3S/c1-10(2)15-16(18-9-19-17(15)21)13-6-7-14-12(8-13)5-4-11(3)20-14/h4-10H,1-3H3,(H,18,19,21). The Labute approximate surface area is 129 Å². The summed E-state index contributed by atoms with van der Waals surface area (Å²) in [5.41, 5.74) is 5.30. The highest BCUT2D eigenvalue weighted by molar-refractivity contribution is 7.71. The number of benzene rings is 1. The molecular formula is C17H17N3S. The minimum absolute atomic E-state index is 0.323. The first-order valence-electron chi connectivity index (χ1n) is 7.01. The van der Waals surface area contributed by atoms with E-state index < -0.39 is 0 Å². The number of pyridine rings is 1. The van der Waals surface area contributed by atoms with Crippen LogP contribution in [0.4, 0.5) is 0 Å². The number of nitrogens with one attached hydrogen (secondary N) is 1. The van der Waals surface area contributed by atoms with Gasteiger partial charge >= 0.3 is 0 Å². The normalized spacial score (nSPS) is 11.2. The Morgan fingerprint density at radius 1 is 1.14 bits per heavy atom. The van der Waals surface area contributed by atoms with E-state index in [0.29, 0.717) is 10.6 Å². The molecule has 0 aliphatic heterocycles. The van der Waals surface area contributed by atoms with E-state index >= 15 is 0 Å². The molecule has 0 radical (unpaired) electrons. The molecule has 0 saturated heterocycles. The predicted octanol–water partition coefficient (Wildman–Crippen LogP) is 4.79. The van der Waals surface area contributed by atoms with Crippen LogP contribution in [0.1, 0.15) is 31.0 Å². The smallest absolute Gasteiger partial charge is 0.133 e. The molecule has 0 atom stereocenters. The highest BCUT2D eigenvalue weighted by Crippen LogP contribution is 2.29. The maximum absolute atomic E-state index is 5.39. The van der Waals surface area contributed by atoms with Gasteiger partial charge in [-0.25, -0.2) is 4.98 Å². The summed E-state index contributed by atoms with van der Waals surface area (Å²) in [5.74, 6) is 0.323. The lowest BCUT2D eigenvalue weighted by atomic mass is 9.98. The maximum atomic E-state index is 5.39. The number of aryl methyl sites for hydroxylation is 1. The van der Waals surface area contributed by atoms with Crippen LogP contribution < -0.4 is 0 Å². The average Bonchev–Trinajstić information content (AvgIpc) is 2.46. The van der Waals surface area contributed by atoms with E-state index in [-0.39, 0.29) is 0 Å². The molecule has 0 spiro atoms. The van der Waals surface area contributed by atoms with Crippen molar-refractivity contribution in [3.8, 4) is 11.3 Å². The first kappa shape index (κ1) is 13.9. The van der Waals surface area contributed by atoms with Gasteiger partial charge in [0.2, 0.25) is 0 Å². The van der Waals surface area contributed by atoms with E-state index in [0.717, 1.165) is 33.4 Å². The van der Waals surface area contributed by atoms with Gasteiger partial charge in [0.25, 0.3) is 0 Å². The lowest BCUT2D eigenvalue weighted by molar-refractivity contribution is 0.844. The van der Waals surface area contributed by atoms with Crippen molar-refractivity contribution >= 4 is 23.1 Å². The molecule has 1 N–H and O–H groups in total. The summed E-state index contributed by atoms with van der Waals surface area (Å²) in [5, 5.41) is 1.13. The topological polar surface area (TPSA) is 41.6 Å². The van der Waals surface area contributed by atoms with E-state index in [4.69, 9.17) is 12.2 Å². The van der Waals surface area contributed by atoms with E-state index in [1.807, 2.05) is 13.0 Å². The number of hydrogen-bond acceptors (Lipinski definition) is 3. The SMILES string of the molecule is Cc1ccc2cc(-c3[nH]cnc(=S)c3C(C)C)ccc2n1. The summed E-state index contributed by atoms with van der Waals surface area (Å²) in [7, 11) is 0. The van der Waals surface area contributed by atoms with Crippen molar-refractivity contribution in [2.75, 3.05) is 0 Å². The summed E-state index contributed by atoms with van der Waals surface area (Å²) in [6.45, 7) is 6.27. The molecule has 2 aromatic heterocycles. The van der Waals surface area contributed by atoms with Crippen molar-refractivity contribution in [1.82, 2.24) is 15.0 Å². The molecule has 0 aliphatic rings. The van der Waals surface area contributed by atoms with Gasteiger partial charge in [0.15, 0.2) is 0 Å². The fourth-order valence-electron chi connectivity index (χ4n) is 2.57. The van der Waals surface area contributed by atoms with Gasteiger partial charge in [-0.3, -0.25) is 4.98 Å². The fourth-order valence-corrected chi connectivity index (χ4v) is 2.96. The van der Waals surface area contributed by atoms with Crippen LogP contribution in [0.2, 0.25) is 0 Å². The van der Waals surface area contributed by atoms with Crippen molar-refractivity contribution in [2.24, 2.45) is 0 Å². The zero-order valence-corrected chi connectivity index (χ0v) is 13.2. The minimum Gasteiger partial charge on any atom is -0.346 e. The van der Waals surface area contributed by atoms with E-state index in [2.05, 4.69) is 53.1 Å². The van der Waals surface area contributed by atoms with Crippen LogP contribution in [0, 0.1) is 11.6 Å². The molecular weight excluding hydrogens is 278 g/mol. The van der Waals surface area contributed by atoms with E-state index in [1.54, 1.807) is 6.33 Å². The van der Waals surface area contributed by atoms with Gasteiger partial charge in [0, 0.05) is 16.6 Å². The lowest BCUT2D eigenvalue weighted by Crippen LogP contribution is -1.99. The third-order valence-electron chi connectivity index (χ3n) is 3.58. The summed E-state index contributed by atoms with van der Waals surface area (Å²) in [4.78, 5) is 12.0. The zero-order chi connectivity index (χ0) is 15.0. The van der Waals surface area contributed by atoms with Gasteiger partial charge in [-0.2, -0.15) is 0 Å². The minimum atomic E-state index is 0.323. The highest BCUT2D eigenvalue weighted by Gasteiger charge is 2.12. The molecule has 0 amide bonds. The van der Waals surface area contributed by atoms with Crippen LogP contribution in [-0.4, -0.2) is 15.0 Å². The summed E-state index contributed by atoms with van der Waals surface area (Å²) in [6.07, 6.45) is 1.67. The Hall–Kier alpha value is -2.07. The summed E-state index contributed by atoms with van der Waals surface area (Å²) in [6, 6.07) is 10.4. The number of H-pyrrole nitrogens is 1. The van der Waals surface area contributed by atoms with Gasteiger partial charge in [0.1, 0.15) is 4.64 Å². The molecule has 0 aliphatic carbocycles. The Kier molecular flexibility index (Phi) is 3.55. The molecule has 3 aromatic rings. The van der Waals surface area contributed by atoms with Crippen molar-refractivity contribution in [3.63, 3.8) is 0 Å². The van der Waals surface area contributed by atoms with Crippen LogP contribution in [0.5, 0.6) is 0 Å². The monoisotopic (exact) mass is 295 g/mol. The Bertz CT molecular complexity index is 865. The number of nitrogens with zero attached hydrogens (tertiary/aromatic N) is 2. The molecule has 0 saturated carbocycles. The zero-order valence-electron chi connectivity index (χ0n) is 12.3. The van der Waals surface area contributed by atoms with Gasteiger partial charge in [-0.15, -0.1) is 0 Å². The van der Waals surface area contributed by atoms with Gasteiger partial charge < -0.3 is 4.98 Å². The molecule has 3 nitrogen and oxygen atoms in total. The van der Waals surface area contributed by atoms with Crippen molar-refractivity contribution < 1.29 is 0 Å². The molecule has 1 aromatic carbocycles. The Morgan fingerprint density at radius 2 is 1.95 bits per heavy atom. The fraction of sp³-hybridized carbons (Fsp3) is 0.235. The van der Waals surface area contributed by atoms with Crippen LogP contribution in [-0.2, 0) is 0 Å². The largest absolute Gasteiger partial charge is 0.346 e. The van der Waals surface area contributed by atoms with Gasteiger partial charge in [-0.05, 0) is 36.6 Å². The molecule has 3 rings (SSSR count). The van der Waals surface area contributed by atoms with Crippen molar-refractivity contribution in [2.45, 2.75) is 26.7 Å². The number of fused-ring (bicyclic) bond motifs is 1. The Morgan fingerprint density at radius 3 is 2.71 bits per heavy atom. The summed E-state index contributed by atoms with van der Waals surface area (Å²) < 4.78 is 0.667. The predicted molar refractivity (Wildman–Crippen MR) is 89.0 cm³/mol. The molecule has 21 heavy (non-hydrogen) atoms. The number of aromatic nitrogens is 3.